The second-order valence-corrected chi connectivity index (χ2v) is 5.21. The van der Waals surface area contributed by atoms with Gasteiger partial charge in [0.1, 0.15) is 6.10 Å². The Morgan fingerprint density at radius 2 is 2.13 bits per heavy atom. The summed E-state index contributed by atoms with van der Waals surface area (Å²) in [5, 5.41) is 12.2. The van der Waals surface area contributed by atoms with Crippen LogP contribution in [-0.2, 0) is 4.74 Å². The molecule has 0 fully saturated rings. The third kappa shape index (κ3) is 3.30. The van der Waals surface area contributed by atoms with Crippen LogP contribution >= 0.6 is 11.3 Å². The first-order valence-electron chi connectivity index (χ1n) is 5.41. The van der Waals surface area contributed by atoms with Crippen molar-refractivity contribution < 1.29 is 9.84 Å². The molecular formula is C12H20O2S. The van der Waals surface area contributed by atoms with Crippen molar-refractivity contribution in [2.75, 3.05) is 6.61 Å². The summed E-state index contributed by atoms with van der Waals surface area (Å²) in [4.78, 5) is 1.23. The highest BCUT2D eigenvalue weighted by Gasteiger charge is 2.24. The van der Waals surface area contributed by atoms with Crippen molar-refractivity contribution in [2.24, 2.45) is 5.92 Å². The molecule has 1 heterocycles. The fourth-order valence-electron chi connectivity index (χ4n) is 1.65. The van der Waals surface area contributed by atoms with Crippen LogP contribution in [0.15, 0.2) is 11.4 Å². The highest BCUT2D eigenvalue weighted by Crippen LogP contribution is 2.27. The molecule has 2 nitrogen and oxygen atoms in total. The van der Waals surface area contributed by atoms with Crippen molar-refractivity contribution in [3.63, 3.8) is 0 Å². The summed E-state index contributed by atoms with van der Waals surface area (Å²) in [5.74, 6) is 0.320. The van der Waals surface area contributed by atoms with E-state index in [0.717, 1.165) is 5.56 Å². The Morgan fingerprint density at radius 3 is 2.53 bits per heavy atom. The van der Waals surface area contributed by atoms with Crippen molar-refractivity contribution >= 4 is 11.3 Å². The van der Waals surface area contributed by atoms with E-state index >= 15 is 0 Å². The van der Waals surface area contributed by atoms with Crippen LogP contribution in [-0.4, -0.2) is 17.8 Å². The molecule has 0 aromatic carbocycles. The highest BCUT2D eigenvalue weighted by molar-refractivity contribution is 7.10. The summed E-state index contributed by atoms with van der Waals surface area (Å²) in [6.45, 7) is 8.79. The lowest BCUT2D eigenvalue weighted by atomic mass is 9.97. The zero-order valence-corrected chi connectivity index (χ0v) is 10.7. The molecule has 86 valence electrons. The fraction of sp³-hybridized carbons (Fsp3) is 0.667. The van der Waals surface area contributed by atoms with E-state index in [4.69, 9.17) is 4.74 Å². The molecule has 0 aliphatic carbocycles. The lowest BCUT2D eigenvalue weighted by Gasteiger charge is -2.25. The quantitative estimate of drug-likeness (QED) is 0.839. The summed E-state index contributed by atoms with van der Waals surface area (Å²) in [6, 6.07) is 2.03. The van der Waals surface area contributed by atoms with Gasteiger partial charge in [-0.25, -0.2) is 0 Å². The van der Waals surface area contributed by atoms with Gasteiger partial charge in [-0.15, -0.1) is 11.3 Å². The van der Waals surface area contributed by atoms with E-state index in [0.29, 0.717) is 12.5 Å². The van der Waals surface area contributed by atoms with Crippen LogP contribution in [0.5, 0.6) is 0 Å². The van der Waals surface area contributed by atoms with Crippen LogP contribution in [0.2, 0.25) is 0 Å². The third-order valence-corrected chi connectivity index (χ3v) is 3.30. The molecule has 0 radical (unpaired) electrons. The van der Waals surface area contributed by atoms with E-state index < -0.39 is 6.10 Å². The molecule has 0 aliphatic heterocycles. The minimum absolute atomic E-state index is 0.107. The first kappa shape index (κ1) is 12.7. The number of aliphatic hydroxyl groups excluding tert-OH is 1. The second-order valence-electron chi connectivity index (χ2n) is 4.10. The Bertz CT molecular complexity index is 294. The molecule has 0 aliphatic rings. The molecule has 15 heavy (non-hydrogen) atoms. The van der Waals surface area contributed by atoms with Crippen LogP contribution < -0.4 is 0 Å². The molecule has 2 unspecified atom stereocenters. The van der Waals surface area contributed by atoms with Gasteiger partial charge in [0.05, 0.1) is 6.10 Å². The molecule has 1 aromatic rings. The molecule has 2 atom stereocenters. The summed E-state index contributed by atoms with van der Waals surface area (Å²) >= 11 is 1.66. The Balaban J connectivity index is 2.75. The van der Waals surface area contributed by atoms with Gasteiger partial charge in [0.25, 0.3) is 0 Å². The van der Waals surface area contributed by atoms with Gasteiger partial charge < -0.3 is 9.84 Å². The molecule has 1 N–H and O–H groups in total. The predicted molar refractivity (Wildman–Crippen MR) is 64.3 cm³/mol. The minimum Gasteiger partial charge on any atom is -0.386 e. The van der Waals surface area contributed by atoms with E-state index in [1.54, 1.807) is 11.3 Å². The lowest BCUT2D eigenvalue weighted by molar-refractivity contribution is -0.0584. The van der Waals surface area contributed by atoms with Crippen molar-refractivity contribution in [2.45, 2.75) is 39.9 Å². The van der Waals surface area contributed by atoms with Crippen molar-refractivity contribution in [1.82, 2.24) is 0 Å². The molecule has 0 spiro atoms. The SMILES string of the molecule is CCOC(C(C)C)C(O)c1csc(C)c1. The maximum atomic E-state index is 10.2. The standard InChI is InChI=1S/C12H20O2S/c1-5-14-12(8(2)3)11(13)10-6-9(4)15-7-10/h6-8,11-13H,5H2,1-4H3. The van der Waals surface area contributed by atoms with Gasteiger partial charge in [0.15, 0.2) is 0 Å². The number of rotatable bonds is 5. The number of hydrogen-bond donors (Lipinski definition) is 1. The van der Waals surface area contributed by atoms with Crippen molar-refractivity contribution in [3.8, 4) is 0 Å². The number of aliphatic hydroxyl groups is 1. The van der Waals surface area contributed by atoms with E-state index in [2.05, 4.69) is 13.8 Å². The number of thiophene rings is 1. The highest BCUT2D eigenvalue weighted by atomic mass is 32.1. The largest absolute Gasteiger partial charge is 0.386 e. The van der Waals surface area contributed by atoms with Crippen LogP contribution in [0.3, 0.4) is 0 Å². The van der Waals surface area contributed by atoms with Crippen LogP contribution in [0.1, 0.15) is 37.3 Å². The Kier molecular flexibility index (Phi) is 4.77. The minimum atomic E-state index is -0.505. The maximum absolute atomic E-state index is 10.2. The maximum Gasteiger partial charge on any atom is 0.106 e. The van der Waals surface area contributed by atoms with Crippen molar-refractivity contribution in [3.05, 3.63) is 21.9 Å². The van der Waals surface area contributed by atoms with E-state index in [-0.39, 0.29) is 6.10 Å². The van der Waals surface area contributed by atoms with Gasteiger partial charge in [-0.2, -0.15) is 0 Å². The normalized spacial score (nSPS) is 15.6. The van der Waals surface area contributed by atoms with Gasteiger partial charge in [0, 0.05) is 11.5 Å². The van der Waals surface area contributed by atoms with E-state index in [9.17, 15) is 5.11 Å². The number of ether oxygens (including phenoxy) is 1. The smallest absolute Gasteiger partial charge is 0.106 e. The predicted octanol–water partition coefficient (Wildman–Crippen LogP) is 3.15. The summed E-state index contributed by atoms with van der Waals surface area (Å²) in [7, 11) is 0. The zero-order chi connectivity index (χ0) is 11.4. The zero-order valence-electron chi connectivity index (χ0n) is 9.86. The third-order valence-electron chi connectivity index (χ3n) is 2.42. The molecule has 0 saturated carbocycles. The van der Waals surface area contributed by atoms with Gasteiger partial charge in [-0.3, -0.25) is 0 Å². The average Bonchev–Trinajstić information content (AvgIpc) is 2.59. The summed E-state index contributed by atoms with van der Waals surface area (Å²) in [5.41, 5.74) is 0.977. The van der Waals surface area contributed by atoms with Gasteiger partial charge in [-0.05, 0) is 36.8 Å². The van der Waals surface area contributed by atoms with Crippen LogP contribution in [0.4, 0.5) is 0 Å². The second kappa shape index (κ2) is 5.64. The first-order chi connectivity index (χ1) is 7.06. The lowest BCUT2D eigenvalue weighted by Crippen LogP contribution is -2.27. The molecule has 1 aromatic heterocycles. The molecule has 1 rings (SSSR count). The van der Waals surface area contributed by atoms with E-state index in [1.807, 2.05) is 25.3 Å². The number of hydrogen-bond acceptors (Lipinski definition) is 3. The molecular weight excluding hydrogens is 208 g/mol. The fourth-order valence-corrected chi connectivity index (χ4v) is 2.38. The van der Waals surface area contributed by atoms with Gasteiger partial charge in [0.2, 0.25) is 0 Å². The Labute approximate surface area is 95.9 Å². The summed E-state index contributed by atoms with van der Waals surface area (Å²) < 4.78 is 5.58. The van der Waals surface area contributed by atoms with Crippen LogP contribution in [0.25, 0.3) is 0 Å². The van der Waals surface area contributed by atoms with Gasteiger partial charge >= 0.3 is 0 Å². The Morgan fingerprint density at radius 1 is 1.47 bits per heavy atom. The summed E-state index contributed by atoms with van der Waals surface area (Å²) in [6.07, 6.45) is -0.612. The first-order valence-corrected chi connectivity index (χ1v) is 6.29. The Hall–Kier alpha value is -0.380. The topological polar surface area (TPSA) is 29.5 Å². The molecule has 0 bridgehead atoms. The van der Waals surface area contributed by atoms with Crippen LogP contribution in [0, 0.1) is 12.8 Å². The number of aryl methyl sites for hydroxylation is 1. The molecule has 0 saturated heterocycles. The van der Waals surface area contributed by atoms with Gasteiger partial charge in [-0.1, -0.05) is 13.8 Å². The monoisotopic (exact) mass is 228 g/mol. The average molecular weight is 228 g/mol. The molecule has 0 amide bonds. The van der Waals surface area contributed by atoms with E-state index in [1.165, 1.54) is 4.88 Å². The molecule has 3 heteroatoms. The van der Waals surface area contributed by atoms with Crippen molar-refractivity contribution in [1.29, 1.82) is 0 Å².